The molecule has 0 aliphatic carbocycles. The number of amides is 2. The second-order valence-corrected chi connectivity index (χ2v) is 4.79. The molecule has 0 spiro atoms. The maximum Gasteiger partial charge on any atom is 0.326 e. The molecule has 3 N–H and O–H groups in total. The average molecular weight is 274 g/mol. The Kier molecular flexibility index (Phi) is 4.71. The minimum atomic E-state index is -1.34. The van der Waals surface area contributed by atoms with Crippen molar-refractivity contribution in [2.75, 3.05) is 20.2 Å². The van der Waals surface area contributed by atoms with Gasteiger partial charge in [-0.25, -0.2) is 9.59 Å². The van der Waals surface area contributed by atoms with Crippen LogP contribution in [-0.4, -0.2) is 64.9 Å². The molecule has 1 fully saturated rings. The third kappa shape index (κ3) is 4.40. The zero-order chi connectivity index (χ0) is 14.6. The normalized spacial score (nSPS) is 23.8. The van der Waals surface area contributed by atoms with Crippen LogP contribution >= 0.6 is 0 Å². The lowest BCUT2D eigenvalue weighted by Gasteiger charge is -2.21. The van der Waals surface area contributed by atoms with Crippen molar-refractivity contribution in [3.8, 4) is 0 Å². The third-order valence-corrected chi connectivity index (χ3v) is 2.93. The molecular weight excluding hydrogens is 256 g/mol. The lowest BCUT2D eigenvalue weighted by Crippen LogP contribution is -2.48. The average Bonchev–Trinajstić information content (AvgIpc) is 2.68. The highest BCUT2D eigenvalue weighted by molar-refractivity contribution is 5.86. The van der Waals surface area contributed by atoms with Crippen LogP contribution < -0.4 is 5.32 Å². The van der Waals surface area contributed by atoms with E-state index in [1.165, 1.54) is 4.90 Å². The van der Waals surface area contributed by atoms with Gasteiger partial charge in [-0.15, -0.1) is 0 Å². The van der Waals surface area contributed by atoms with Crippen LogP contribution in [0.3, 0.4) is 0 Å². The Hall–Kier alpha value is -1.83. The number of methoxy groups -OCH3 is 1. The largest absolute Gasteiger partial charge is 0.480 e. The molecule has 0 aromatic rings. The number of aliphatic carboxylic acids is 1. The van der Waals surface area contributed by atoms with E-state index in [0.29, 0.717) is 13.0 Å². The van der Waals surface area contributed by atoms with E-state index < -0.39 is 36.0 Å². The molecule has 8 nitrogen and oxygen atoms in total. The fourth-order valence-corrected chi connectivity index (χ4v) is 1.81. The van der Waals surface area contributed by atoms with E-state index in [1.54, 1.807) is 6.92 Å². The number of nitrogens with zero attached hydrogens (tertiary/aromatic N) is 1. The van der Waals surface area contributed by atoms with Crippen LogP contribution in [0.4, 0.5) is 4.79 Å². The highest BCUT2D eigenvalue weighted by atomic mass is 16.5. The zero-order valence-corrected chi connectivity index (χ0v) is 10.9. The topological polar surface area (TPSA) is 116 Å². The summed E-state index contributed by atoms with van der Waals surface area (Å²) < 4.78 is 4.36. The van der Waals surface area contributed by atoms with E-state index in [9.17, 15) is 19.5 Å². The molecule has 1 unspecified atom stereocenters. The van der Waals surface area contributed by atoms with Crippen molar-refractivity contribution in [3.63, 3.8) is 0 Å². The third-order valence-electron chi connectivity index (χ3n) is 2.93. The summed E-state index contributed by atoms with van der Waals surface area (Å²) in [5.41, 5.74) is -0.960. The second-order valence-electron chi connectivity index (χ2n) is 4.79. The van der Waals surface area contributed by atoms with Gasteiger partial charge in [0.05, 0.1) is 25.7 Å². The number of carbonyl (C=O) groups is 3. The number of carboxylic acids is 1. The summed E-state index contributed by atoms with van der Waals surface area (Å²) in [7, 11) is 1.14. The molecule has 108 valence electrons. The molecule has 0 aromatic heterocycles. The summed E-state index contributed by atoms with van der Waals surface area (Å²) in [5.74, 6) is -2.04. The summed E-state index contributed by atoms with van der Waals surface area (Å²) in [6.07, 6.45) is -0.0169. The second kappa shape index (κ2) is 5.87. The number of aliphatic hydroxyl groups is 1. The number of hydrogen-bond donors (Lipinski definition) is 3. The number of urea groups is 1. The molecule has 0 aromatic carbocycles. The number of carbonyl (C=O) groups excluding carboxylic acids is 2. The fraction of sp³-hybridized carbons (Fsp3) is 0.727. The molecule has 2 amide bonds. The zero-order valence-electron chi connectivity index (χ0n) is 10.9. The van der Waals surface area contributed by atoms with Gasteiger partial charge in [0.15, 0.2) is 0 Å². The van der Waals surface area contributed by atoms with E-state index in [-0.39, 0.29) is 6.54 Å². The number of carboxylic acid groups (broad SMARTS) is 1. The number of hydrogen-bond acceptors (Lipinski definition) is 5. The van der Waals surface area contributed by atoms with Crippen LogP contribution in [0.5, 0.6) is 0 Å². The molecule has 0 bridgehead atoms. The number of ether oxygens (including phenoxy) is 1. The highest BCUT2D eigenvalue weighted by Crippen LogP contribution is 2.20. The minimum Gasteiger partial charge on any atom is -0.480 e. The van der Waals surface area contributed by atoms with Gasteiger partial charge in [0, 0.05) is 6.54 Å². The standard InChI is InChI=1S/C11H18N2O6/c1-11(18)3-4-13(6-11)10(17)12-7(9(15)16)5-8(14)19-2/h7,18H,3-6H2,1-2H3,(H,12,17)(H,15,16)/t7-,11?/m0/s1. The Morgan fingerprint density at radius 3 is 2.53 bits per heavy atom. The molecule has 1 heterocycles. The van der Waals surface area contributed by atoms with Gasteiger partial charge >= 0.3 is 18.0 Å². The molecule has 1 aliphatic rings. The quantitative estimate of drug-likeness (QED) is 0.576. The fourth-order valence-electron chi connectivity index (χ4n) is 1.81. The van der Waals surface area contributed by atoms with Gasteiger partial charge < -0.3 is 25.2 Å². The van der Waals surface area contributed by atoms with Crippen LogP contribution in [0.2, 0.25) is 0 Å². The highest BCUT2D eigenvalue weighted by Gasteiger charge is 2.35. The van der Waals surface area contributed by atoms with Gasteiger partial charge in [0.1, 0.15) is 6.04 Å². The molecule has 0 radical (unpaired) electrons. The van der Waals surface area contributed by atoms with Gasteiger partial charge in [-0.1, -0.05) is 0 Å². The Bertz CT molecular complexity index is 381. The first kappa shape index (κ1) is 15.2. The molecule has 0 saturated carbocycles. The van der Waals surface area contributed by atoms with Gasteiger partial charge in [-0.3, -0.25) is 4.79 Å². The molecule has 1 saturated heterocycles. The van der Waals surface area contributed by atoms with Crippen LogP contribution in [0.15, 0.2) is 0 Å². The van der Waals surface area contributed by atoms with Crippen molar-refractivity contribution in [1.82, 2.24) is 10.2 Å². The first-order valence-electron chi connectivity index (χ1n) is 5.82. The van der Waals surface area contributed by atoms with E-state index >= 15 is 0 Å². The van der Waals surface area contributed by atoms with Crippen molar-refractivity contribution in [1.29, 1.82) is 0 Å². The lowest BCUT2D eigenvalue weighted by molar-refractivity contribution is -0.147. The summed E-state index contributed by atoms with van der Waals surface area (Å²) in [6.45, 7) is 2.07. The monoisotopic (exact) mass is 274 g/mol. The van der Waals surface area contributed by atoms with Crippen molar-refractivity contribution in [2.24, 2.45) is 0 Å². The Balaban J connectivity index is 2.57. The summed E-state index contributed by atoms with van der Waals surface area (Å²) in [4.78, 5) is 35.1. The molecular formula is C11H18N2O6. The predicted octanol–water partition coefficient (Wildman–Crippen LogP) is -0.831. The van der Waals surface area contributed by atoms with Crippen molar-refractivity contribution in [3.05, 3.63) is 0 Å². The number of rotatable bonds is 4. The summed E-state index contributed by atoms with van der Waals surface area (Å²) in [5, 5.41) is 20.9. The van der Waals surface area contributed by atoms with Crippen molar-refractivity contribution < 1.29 is 29.3 Å². The Morgan fingerprint density at radius 2 is 2.11 bits per heavy atom. The predicted molar refractivity (Wildman–Crippen MR) is 63.4 cm³/mol. The maximum absolute atomic E-state index is 11.8. The number of nitrogens with one attached hydrogen (secondary N) is 1. The van der Waals surface area contributed by atoms with Crippen LogP contribution in [0, 0.1) is 0 Å². The van der Waals surface area contributed by atoms with Crippen LogP contribution in [-0.2, 0) is 14.3 Å². The minimum absolute atomic E-state index is 0.128. The Morgan fingerprint density at radius 1 is 1.47 bits per heavy atom. The molecule has 1 rings (SSSR count). The van der Waals surface area contributed by atoms with Gasteiger partial charge in [-0.2, -0.15) is 0 Å². The first-order chi connectivity index (χ1) is 8.75. The van der Waals surface area contributed by atoms with E-state index in [1.807, 2.05) is 0 Å². The number of esters is 1. The summed E-state index contributed by atoms with van der Waals surface area (Å²) in [6, 6.07) is -1.96. The van der Waals surface area contributed by atoms with Crippen molar-refractivity contribution >= 4 is 18.0 Å². The summed E-state index contributed by atoms with van der Waals surface area (Å²) >= 11 is 0. The first-order valence-corrected chi connectivity index (χ1v) is 5.82. The SMILES string of the molecule is COC(=O)C[C@H](NC(=O)N1CCC(C)(O)C1)C(=O)O. The van der Waals surface area contributed by atoms with Crippen LogP contribution in [0.1, 0.15) is 19.8 Å². The van der Waals surface area contributed by atoms with E-state index in [0.717, 1.165) is 7.11 Å². The van der Waals surface area contributed by atoms with Gasteiger partial charge in [0.2, 0.25) is 0 Å². The van der Waals surface area contributed by atoms with Gasteiger partial charge in [-0.05, 0) is 13.3 Å². The molecule has 2 atom stereocenters. The molecule has 8 heteroatoms. The van der Waals surface area contributed by atoms with E-state index in [2.05, 4.69) is 10.1 Å². The maximum atomic E-state index is 11.8. The molecule has 1 aliphatic heterocycles. The number of β-amino-alcohol motifs (C(OH)–C–C–N with tert-alkyl or cyclic N) is 1. The lowest BCUT2D eigenvalue weighted by atomic mass is 10.1. The van der Waals surface area contributed by atoms with Gasteiger partial charge in [0.25, 0.3) is 0 Å². The van der Waals surface area contributed by atoms with E-state index in [4.69, 9.17) is 5.11 Å². The van der Waals surface area contributed by atoms with Crippen molar-refractivity contribution in [2.45, 2.75) is 31.4 Å². The smallest absolute Gasteiger partial charge is 0.326 e. The number of likely N-dealkylation sites (tertiary alicyclic amines) is 1. The van der Waals surface area contributed by atoms with Crippen LogP contribution in [0.25, 0.3) is 0 Å². The Labute approximate surface area is 110 Å². The molecule has 19 heavy (non-hydrogen) atoms.